The van der Waals surface area contributed by atoms with Gasteiger partial charge in [0.25, 0.3) is 0 Å². The lowest BCUT2D eigenvalue weighted by Gasteiger charge is -2.21. The summed E-state index contributed by atoms with van der Waals surface area (Å²) >= 11 is 0. The SMILES string of the molecule is CCN(CC)c1ncncc1CC(=O)O. The number of hydrogen-bond donors (Lipinski definition) is 1. The van der Waals surface area contributed by atoms with Gasteiger partial charge in [0.05, 0.1) is 6.42 Å². The van der Waals surface area contributed by atoms with Crippen LogP contribution in [0.15, 0.2) is 12.5 Å². The fourth-order valence-corrected chi connectivity index (χ4v) is 1.45. The lowest BCUT2D eigenvalue weighted by Crippen LogP contribution is -2.25. The average Bonchev–Trinajstić information content (AvgIpc) is 2.21. The van der Waals surface area contributed by atoms with Gasteiger partial charge >= 0.3 is 5.97 Å². The molecule has 0 aromatic carbocycles. The van der Waals surface area contributed by atoms with Crippen molar-refractivity contribution in [3.63, 3.8) is 0 Å². The average molecular weight is 209 g/mol. The van der Waals surface area contributed by atoms with Crippen molar-refractivity contribution in [1.29, 1.82) is 0 Å². The maximum absolute atomic E-state index is 10.6. The molecule has 0 atom stereocenters. The van der Waals surface area contributed by atoms with Crippen LogP contribution in [0.25, 0.3) is 0 Å². The summed E-state index contributed by atoms with van der Waals surface area (Å²) in [6, 6.07) is 0. The molecule has 5 heteroatoms. The van der Waals surface area contributed by atoms with E-state index in [0.29, 0.717) is 5.56 Å². The molecule has 1 aromatic rings. The molecule has 1 aromatic heterocycles. The molecule has 0 amide bonds. The Morgan fingerprint density at radius 2 is 2.13 bits per heavy atom. The molecule has 0 saturated heterocycles. The van der Waals surface area contributed by atoms with Gasteiger partial charge in [0.15, 0.2) is 0 Å². The summed E-state index contributed by atoms with van der Waals surface area (Å²) in [5, 5.41) is 8.74. The van der Waals surface area contributed by atoms with Crippen LogP contribution < -0.4 is 4.90 Å². The zero-order valence-electron chi connectivity index (χ0n) is 8.97. The van der Waals surface area contributed by atoms with Crippen molar-refractivity contribution in [1.82, 2.24) is 9.97 Å². The molecule has 5 nitrogen and oxygen atoms in total. The number of carboxylic acid groups (broad SMARTS) is 1. The second kappa shape index (κ2) is 5.29. The van der Waals surface area contributed by atoms with Crippen molar-refractivity contribution in [2.24, 2.45) is 0 Å². The van der Waals surface area contributed by atoms with E-state index in [4.69, 9.17) is 5.11 Å². The van der Waals surface area contributed by atoms with Crippen LogP contribution in [-0.2, 0) is 11.2 Å². The van der Waals surface area contributed by atoms with E-state index in [0.717, 1.165) is 18.9 Å². The molecule has 0 saturated carbocycles. The Kier molecular flexibility index (Phi) is 4.03. The first-order valence-electron chi connectivity index (χ1n) is 4.94. The third-order valence-electron chi connectivity index (χ3n) is 2.17. The summed E-state index contributed by atoms with van der Waals surface area (Å²) in [6.45, 7) is 5.63. The number of carbonyl (C=O) groups is 1. The lowest BCUT2D eigenvalue weighted by atomic mass is 10.2. The highest BCUT2D eigenvalue weighted by Crippen LogP contribution is 2.16. The molecule has 0 fully saturated rings. The first-order chi connectivity index (χ1) is 7.19. The third kappa shape index (κ3) is 2.90. The van der Waals surface area contributed by atoms with Gasteiger partial charge in [-0.1, -0.05) is 0 Å². The van der Waals surface area contributed by atoms with E-state index in [1.54, 1.807) is 6.20 Å². The second-order valence-corrected chi connectivity index (χ2v) is 3.11. The van der Waals surface area contributed by atoms with Crippen molar-refractivity contribution in [2.75, 3.05) is 18.0 Å². The third-order valence-corrected chi connectivity index (χ3v) is 2.17. The van der Waals surface area contributed by atoms with Crippen LogP contribution >= 0.6 is 0 Å². The normalized spacial score (nSPS) is 10.0. The number of rotatable bonds is 5. The molecule has 1 N–H and O–H groups in total. The summed E-state index contributed by atoms with van der Waals surface area (Å²) in [5.41, 5.74) is 0.661. The molecule has 1 heterocycles. The minimum atomic E-state index is -0.863. The Morgan fingerprint density at radius 3 is 2.67 bits per heavy atom. The smallest absolute Gasteiger partial charge is 0.308 e. The quantitative estimate of drug-likeness (QED) is 0.782. The van der Waals surface area contributed by atoms with E-state index in [1.165, 1.54) is 6.33 Å². The largest absolute Gasteiger partial charge is 0.481 e. The first-order valence-corrected chi connectivity index (χ1v) is 4.94. The number of aromatic nitrogens is 2. The number of carboxylic acids is 1. The Labute approximate surface area is 88.8 Å². The summed E-state index contributed by atoms with van der Waals surface area (Å²) in [6.07, 6.45) is 2.97. The maximum atomic E-state index is 10.6. The Hall–Kier alpha value is -1.65. The Balaban J connectivity index is 2.99. The minimum absolute atomic E-state index is 0.0350. The van der Waals surface area contributed by atoms with Crippen LogP contribution in [0.3, 0.4) is 0 Å². The van der Waals surface area contributed by atoms with Gasteiger partial charge in [-0.3, -0.25) is 4.79 Å². The van der Waals surface area contributed by atoms with Gasteiger partial charge in [0.2, 0.25) is 0 Å². The van der Waals surface area contributed by atoms with Crippen LogP contribution in [0, 0.1) is 0 Å². The van der Waals surface area contributed by atoms with Gasteiger partial charge in [0, 0.05) is 24.8 Å². The van der Waals surface area contributed by atoms with Gasteiger partial charge in [0.1, 0.15) is 12.1 Å². The van der Waals surface area contributed by atoms with Crippen molar-refractivity contribution >= 4 is 11.8 Å². The Bertz CT molecular complexity index is 337. The highest BCUT2D eigenvalue weighted by atomic mass is 16.4. The van der Waals surface area contributed by atoms with Crippen molar-refractivity contribution < 1.29 is 9.90 Å². The monoisotopic (exact) mass is 209 g/mol. The number of nitrogens with zero attached hydrogens (tertiary/aromatic N) is 3. The predicted octanol–water partition coefficient (Wildman–Crippen LogP) is 0.950. The van der Waals surface area contributed by atoms with E-state index >= 15 is 0 Å². The molecule has 0 aliphatic rings. The number of hydrogen-bond acceptors (Lipinski definition) is 4. The standard InChI is InChI=1S/C10H15N3O2/c1-3-13(4-2)10-8(5-9(14)15)6-11-7-12-10/h6-7H,3-5H2,1-2H3,(H,14,15). The zero-order chi connectivity index (χ0) is 11.3. The second-order valence-electron chi connectivity index (χ2n) is 3.11. The number of anilines is 1. The van der Waals surface area contributed by atoms with Gasteiger partial charge in [-0.15, -0.1) is 0 Å². The Morgan fingerprint density at radius 1 is 1.47 bits per heavy atom. The van der Waals surface area contributed by atoms with Gasteiger partial charge in [-0.2, -0.15) is 0 Å². The fraction of sp³-hybridized carbons (Fsp3) is 0.500. The summed E-state index contributed by atoms with van der Waals surface area (Å²) in [5.74, 6) is -0.143. The molecule has 0 radical (unpaired) electrons. The predicted molar refractivity (Wildman–Crippen MR) is 56.9 cm³/mol. The van der Waals surface area contributed by atoms with Crippen LogP contribution in [0.4, 0.5) is 5.82 Å². The zero-order valence-corrected chi connectivity index (χ0v) is 8.97. The molecule has 15 heavy (non-hydrogen) atoms. The van der Waals surface area contributed by atoms with E-state index in [1.807, 2.05) is 18.7 Å². The van der Waals surface area contributed by atoms with Gasteiger partial charge < -0.3 is 10.0 Å². The lowest BCUT2D eigenvalue weighted by molar-refractivity contribution is -0.136. The molecular formula is C10H15N3O2. The molecular weight excluding hydrogens is 194 g/mol. The van der Waals surface area contributed by atoms with Crippen molar-refractivity contribution in [3.05, 3.63) is 18.1 Å². The maximum Gasteiger partial charge on any atom is 0.308 e. The van der Waals surface area contributed by atoms with Crippen LogP contribution in [0.5, 0.6) is 0 Å². The number of aliphatic carboxylic acids is 1. The molecule has 0 unspecified atom stereocenters. The van der Waals surface area contributed by atoms with Crippen LogP contribution in [0.1, 0.15) is 19.4 Å². The fourth-order valence-electron chi connectivity index (χ4n) is 1.45. The molecule has 0 spiro atoms. The van der Waals surface area contributed by atoms with E-state index in [-0.39, 0.29) is 6.42 Å². The van der Waals surface area contributed by atoms with Gasteiger partial charge in [-0.25, -0.2) is 9.97 Å². The molecule has 1 rings (SSSR count). The molecule has 82 valence electrons. The van der Waals surface area contributed by atoms with E-state index in [2.05, 4.69) is 9.97 Å². The highest BCUT2D eigenvalue weighted by molar-refractivity contribution is 5.72. The first kappa shape index (κ1) is 11.4. The van der Waals surface area contributed by atoms with Crippen LogP contribution in [-0.4, -0.2) is 34.1 Å². The molecule has 0 bridgehead atoms. The van der Waals surface area contributed by atoms with Gasteiger partial charge in [-0.05, 0) is 13.8 Å². The minimum Gasteiger partial charge on any atom is -0.481 e. The summed E-state index contributed by atoms with van der Waals surface area (Å²) in [7, 11) is 0. The van der Waals surface area contributed by atoms with Crippen molar-refractivity contribution in [3.8, 4) is 0 Å². The highest BCUT2D eigenvalue weighted by Gasteiger charge is 2.12. The molecule has 0 aliphatic carbocycles. The van der Waals surface area contributed by atoms with Crippen LogP contribution in [0.2, 0.25) is 0 Å². The summed E-state index contributed by atoms with van der Waals surface area (Å²) in [4.78, 5) is 20.6. The van der Waals surface area contributed by atoms with Crippen molar-refractivity contribution in [2.45, 2.75) is 20.3 Å². The van der Waals surface area contributed by atoms with E-state index < -0.39 is 5.97 Å². The topological polar surface area (TPSA) is 66.3 Å². The molecule has 0 aliphatic heterocycles. The van der Waals surface area contributed by atoms with E-state index in [9.17, 15) is 4.79 Å². The summed E-state index contributed by atoms with van der Waals surface area (Å²) < 4.78 is 0.